The molecular weight excluding hydrogens is 248 g/mol. The third kappa shape index (κ3) is 4.06. The van der Waals surface area contributed by atoms with E-state index >= 15 is 0 Å². The van der Waals surface area contributed by atoms with Crippen molar-refractivity contribution in [3.05, 3.63) is 53.5 Å². The molecule has 0 aliphatic rings. The monoisotopic (exact) mass is 266 g/mol. The molecule has 0 fully saturated rings. The van der Waals surface area contributed by atoms with Crippen LogP contribution in [-0.2, 0) is 6.42 Å². The first-order valence-corrected chi connectivity index (χ1v) is 6.80. The lowest BCUT2D eigenvalue weighted by Crippen LogP contribution is -2.06. The number of hydrogen-bond donors (Lipinski definition) is 1. The topological polar surface area (TPSA) is 61.6 Å². The average molecular weight is 266 g/mol. The quantitative estimate of drug-likeness (QED) is 0.816. The summed E-state index contributed by atoms with van der Waals surface area (Å²) in [5, 5.41) is 12.3. The molecule has 0 amide bonds. The van der Waals surface area contributed by atoms with Gasteiger partial charge in [0.1, 0.15) is 11.9 Å². The van der Waals surface area contributed by atoms with Crippen LogP contribution in [0.4, 0.5) is 5.82 Å². The summed E-state index contributed by atoms with van der Waals surface area (Å²) in [6.45, 7) is 2.76. The fourth-order valence-corrected chi connectivity index (χ4v) is 1.99. The minimum Gasteiger partial charge on any atom is -0.369 e. The van der Waals surface area contributed by atoms with Gasteiger partial charge in [0.2, 0.25) is 0 Å². The van der Waals surface area contributed by atoms with Crippen LogP contribution < -0.4 is 5.32 Å². The van der Waals surface area contributed by atoms with Crippen LogP contribution in [0.3, 0.4) is 0 Å². The van der Waals surface area contributed by atoms with Gasteiger partial charge in [0.25, 0.3) is 0 Å². The van der Waals surface area contributed by atoms with Crippen molar-refractivity contribution in [3.8, 4) is 6.07 Å². The number of hydrogen-bond acceptors (Lipinski definition) is 4. The van der Waals surface area contributed by atoms with Crippen LogP contribution in [-0.4, -0.2) is 16.5 Å². The van der Waals surface area contributed by atoms with E-state index in [9.17, 15) is 0 Å². The summed E-state index contributed by atoms with van der Waals surface area (Å²) < 4.78 is 0. The fourth-order valence-electron chi connectivity index (χ4n) is 1.99. The molecule has 0 radical (unpaired) electrons. The van der Waals surface area contributed by atoms with Crippen LogP contribution in [0.1, 0.15) is 29.7 Å². The van der Waals surface area contributed by atoms with Crippen LogP contribution in [0.25, 0.3) is 0 Å². The Morgan fingerprint density at radius 3 is 2.70 bits per heavy atom. The van der Waals surface area contributed by atoms with E-state index in [0.717, 1.165) is 31.5 Å². The van der Waals surface area contributed by atoms with Gasteiger partial charge in [-0.3, -0.25) is 4.98 Å². The molecule has 4 heteroatoms. The molecule has 0 unspecified atom stereocenters. The largest absolute Gasteiger partial charge is 0.369 e. The van der Waals surface area contributed by atoms with Crippen LogP contribution in [0.5, 0.6) is 0 Å². The Balaban J connectivity index is 1.76. The fraction of sp³-hybridized carbons (Fsp3) is 0.312. The number of nitriles is 1. The van der Waals surface area contributed by atoms with Gasteiger partial charge < -0.3 is 5.32 Å². The lowest BCUT2D eigenvalue weighted by Gasteiger charge is -2.08. The first kappa shape index (κ1) is 14.0. The molecule has 4 nitrogen and oxygen atoms in total. The van der Waals surface area contributed by atoms with Crippen molar-refractivity contribution in [2.75, 3.05) is 11.9 Å². The SMILES string of the molecule is Cc1ccc(C#N)c(NCCCCc2ccncc2)n1. The van der Waals surface area contributed by atoms with Crippen molar-refractivity contribution >= 4 is 5.82 Å². The van der Waals surface area contributed by atoms with Gasteiger partial charge in [-0.1, -0.05) is 0 Å². The lowest BCUT2D eigenvalue weighted by molar-refractivity contribution is 0.760. The van der Waals surface area contributed by atoms with Crippen molar-refractivity contribution < 1.29 is 0 Å². The Labute approximate surface area is 119 Å². The van der Waals surface area contributed by atoms with E-state index in [2.05, 4.69) is 21.4 Å². The highest BCUT2D eigenvalue weighted by atomic mass is 15.0. The molecule has 20 heavy (non-hydrogen) atoms. The van der Waals surface area contributed by atoms with E-state index < -0.39 is 0 Å². The molecule has 102 valence electrons. The molecule has 0 aliphatic carbocycles. The summed E-state index contributed by atoms with van der Waals surface area (Å²) >= 11 is 0. The van der Waals surface area contributed by atoms with E-state index in [-0.39, 0.29) is 0 Å². The van der Waals surface area contributed by atoms with Gasteiger partial charge in [-0.2, -0.15) is 5.26 Å². The van der Waals surface area contributed by atoms with Crippen LogP contribution in [0, 0.1) is 18.3 Å². The molecule has 0 aliphatic heterocycles. The second kappa shape index (κ2) is 7.25. The third-order valence-corrected chi connectivity index (χ3v) is 3.09. The maximum atomic E-state index is 9.02. The zero-order valence-electron chi connectivity index (χ0n) is 11.6. The normalized spacial score (nSPS) is 10.0. The number of anilines is 1. The van der Waals surface area contributed by atoms with Gasteiger partial charge in [0.15, 0.2) is 0 Å². The number of nitrogens with one attached hydrogen (secondary N) is 1. The molecule has 1 N–H and O–H groups in total. The maximum Gasteiger partial charge on any atom is 0.144 e. The van der Waals surface area contributed by atoms with E-state index in [1.54, 1.807) is 0 Å². The van der Waals surface area contributed by atoms with Crippen LogP contribution >= 0.6 is 0 Å². The Bertz CT molecular complexity index is 587. The molecular formula is C16H18N4. The Kier molecular flexibility index (Phi) is 5.08. The summed E-state index contributed by atoms with van der Waals surface area (Å²) in [6, 6.07) is 9.91. The summed E-state index contributed by atoms with van der Waals surface area (Å²) in [5.41, 5.74) is 2.83. The highest BCUT2D eigenvalue weighted by molar-refractivity contribution is 5.52. The summed E-state index contributed by atoms with van der Waals surface area (Å²) in [5.74, 6) is 0.691. The van der Waals surface area contributed by atoms with Crippen molar-refractivity contribution in [2.24, 2.45) is 0 Å². The summed E-state index contributed by atoms with van der Waals surface area (Å²) in [6.07, 6.45) is 6.84. The molecule has 0 atom stereocenters. The van der Waals surface area contributed by atoms with E-state index in [1.807, 2.05) is 43.6 Å². The van der Waals surface area contributed by atoms with Crippen molar-refractivity contribution in [2.45, 2.75) is 26.2 Å². The van der Waals surface area contributed by atoms with E-state index in [4.69, 9.17) is 5.26 Å². The second-order valence-electron chi connectivity index (χ2n) is 4.70. The second-order valence-corrected chi connectivity index (χ2v) is 4.70. The number of rotatable bonds is 6. The molecule has 0 aromatic carbocycles. The predicted molar refractivity (Wildman–Crippen MR) is 79.4 cm³/mol. The van der Waals surface area contributed by atoms with Crippen molar-refractivity contribution in [1.29, 1.82) is 5.26 Å². The lowest BCUT2D eigenvalue weighted by atomic mass is 10.1. The number of aryl methyl sites for hydroxylation is 2. The zero-order valence-corrected chi connectivity index (χ0v) is 11.6. The molecule has 2 heterocycles. The molecule has 0 bridgehead atoms. The van der Waals surface area contributed by atoms with Gasteiger partial charge in [0.05, 0.1) is 5.56 Å². The Morgan fingerprint density at radius 2 is 1.95 bits per heavy atom. The smallest absolute Gasteiger partial charge is 0.144 e. The highest BCUT2D eigenvalue weighted by Crippen LogP contribution is 2.12. The van der Waals surface area contributed by atoms with Crippen molar-refractivity contribution in [3.63, 3.8) is 0 Å². The molecule has 2 aromatic rings. The maximum absolute atomic E-state index is 9.02. The van der Waals surface area contributed by atoms with Gasteiger partial charge >= 0.3 is 0 Å². The van der Waals surface area contributed by atoms with E-state index in [1.165, 1.54) is 5.56 Å². The first-order valence-electron chi connectivity index (χ1n) is 6.80. The van der Waals surface area contributed by atoms with E-state index in [0.29, 0.717) is 11.4 Å². The number of aromatic nitrogens is 2. The average Bonchev–Trinajstić information content (AvgIpc) is 2.48. The van der Waals surface area contributed by atoms with Crippen LogP contribution in [0.15, 0.2) is 36.7 Å². The van der Waals surface area contributed by atoms with Gasteiger partial charge in [-0.15, -0.1) is 0 Å². The summed E-state index contributed by atoms with van der Waals surface area (Å²) in [4.78, 5) is 8.36. The number of pyridine rings is 2. The molecule has 0 saturated carbocycles. The minimum absolute atomic E-state index is 0.602. The van der Waals surface area contributed by atoms with Gasteiger partial charge in [-0.05, 0) is 56.0 Å². The Hall–Kier alpha value is -2.41. The van der Waals surface area contributed by atoms with Gasteiger partial charge in [0, 0.05) is 24.6 Å². The molecule has 0 saturated heterocycles. The van der Waals surface area contributed by atoms with Gasteiger partial charge in [-0.25, -0.2) is 4.98 Å². The standard InChI is InChI=1S/C16H18N4/c1-13-5-6-15(12-17)16(20-13)19-9-3-2-4-14-7-10-18-11-8-14/h5-8,10-11H,2-4,9H2,1H3,(H,19,20). The molecule has 0 spiro atoms. The van der Waals surface area contributed by atoms with Crippen molar-refractivity contribution in [1.82, 2.24) is 9.97 Å². The molecule has 2 rings (SSSR count). The minimum atomic E-state index is 0.602. The molecule has 2 aromatic heterocycles. The highest BCUT2D eigenvalue weighted by Gasteiger charge is 2.02. The Morgan fingerprint density at radius 1 is 1.15 bits per heavy atom. The number of nitrogens with zero attached hydrogens (tertiary/aromatic N) is 3. The first-order chi connectivity index (χ1) is 9.79. The number of unbranched alkanes of at least 4 members (excludes halogenated alkanes) is 1. The van der Waals surface area contributed by atoms with Crippen LogP contribution in [0.2, 0.25) is 0 Å². The third-order valence-electron chi connectivity index (χ3n) is 3.09. The summed E-state index contributed by atoms with van der Waals surface area (Å²) in [7, 11) is 0. The zero-order chi connectivity index (χ0) is 14.2. The predicted octanol–water partition coefficient (Wildman–Crippen LogP) is 3.09.